The highest BCUT2D eigenvalue weighted by Gasteiger charge is 2.15. The summed E-state index contributed by atoms with van der Waals surface area (Å²) in [4.78, 5) is 16.3. The van der Waals surface area contributed by atoms with Crippen LogP contribution in [-0.4, -0.2) is 45.3 Å². The molecule has 0 atom stereocenters. The fourth-order valence-electron chi connectivity index (χ4n) is 3.01. The van der Waals surface area contributed by atoms with Crippen molar-refractivity contribution in [3.05, 3.63) is 46.9 Å². The Morgan fingerprint density at radius 3 is 2.48 bits per heavy atom. The van der Waals surface area contributed by atoms with Crippen LogP contribution in [-0.2, 0) is 17.7 Å². The van der Waals surface area contributed by atoms with Crippen LogP contribution < -0.4 is 20.1 Å². The van der Waals surface area contributed by atoms with Crippen LogP contribution in [0.4, 0.5) is 0 Å². The maximum absolute atomic E-state index is 11.7. The van der Waals surface area contributed by atoms with Crippen molar-refractivity contribution in [1.82, 2.24) is 10.6 Å². The summed E-state index contributed by atoms with van der Waals surface area (Å²) in [6.45, 7) is 10.6. The van der Waals surface area contributed by atoms with Gasteiger partial charge in [0.25, 0.3) is 0 Å². The molecule has 2 N–H and O–H groups in total. The third-order valence-corrected chi connectivity index (χ3v) is 4.43. The van der Waals surface area contributed by atoms with E-state index in [2.05, 4.69) is 15.6 Å². The molecule has 8 nitrogen and oxygen atoms in total. The zero-order valence-corrected chi connectivity index (χ0v) is 19.0. The maximum Gasteiger partial charge on any atom is 0.341 e. The lowest BCUT2D eigenvalue weighted by Gasteiger charge is -2.14. The second kappa shape index (κ2) is 12.5. The third kappa shape index (κ3) is 7.24. The average molecular weight is 432 g/mol. The number of nitrogens with zero attached hydrogens (tertiary/aromatic N) is 1. The second-order valence-electron chi connectivity index (χ2n) is 6.69. The molecule has 0 amide bonds. The van der Waals surface area contributed by atoms with Gasteiger partial charge in [-0.3, -0.25) is 0 Å². The Labute approximate surface area is 184 Å². The van der Waals surface area contributed by atoms with Crippen molar-refractivity contribution in [2.24, 2.45) is 4.99 Å². The molecule has 0 radical (unpaired) electrons. The van der Waals surface area contributed by atoms with Crippen molar-refractivity contribution in [2.45, 2.75) is 40.7 Å². The van der Waals surface area contributed by atoms with Gasteiger partial charge in [0.1, 0.15) is 23.6 Å². The molecule has 0 fully saturated rings. The van der Waals surface area contributed by atoms with Gasteiger partial charge in [-0.1, -0.05) is 6.07 Å². The van der Waals surface area contributed by atoms with E-state index in [0.29, 0.717) is 49.3 Å². The zero-order chi connectivity index (χ0) is 22.6. The fourth-order valence-corrected chi connectivity index (χ4v) is 3.01. The van der Waals surface area contributed by atoms with Gasteiger partial charge in [-0.15, -0.1) is 0 Å². The van der Waals surface area contributed by atoms with E-state index in [4.69, 9.17) is 18.6 Å². The van der Waals surface area contributed by atoms with Crippen molar-refractivity contribution < 1.29 is 23.4 Å². The molecule has 1 heterocycles. The number of ether oxygens (including phenoxy) is 3. The lowest BCUT2D eigenvalue weighted by Crippen LogP contribution is -2.38. The standard InChI is InChI=1S/C23H33N3O5/c1-6-24-23(26-15-18-14-19(16(4)31-18)22(27)28-5)25-12-11-17-9-10-20(29-7-2)21(13-17)30-8-3/h9-10,13-14H,6-8,11-12,15H2,1-5H3,(H2,24,25,26). The number of carbonyl (C=O) groups excluding carboxylic acids is 1. The summed E-state index contributed by atoms with van der Waals surface area (Å²) >= 11 is 0. The average Bonchev–Trinajstić information content (AvgIpc) is 3.14. The molecule has 170 valence electrons. The van der Waals surface area contributed by atoms with Gasteiger partial charge in [-0.05, 0) is 57.9 Å². The highest BCUT2D eigenvalue weighted by Crippen LogP contribution is 2.28. The van der Waals surface area contributed by atoms with Crippen LogP contribution in [0.5, 0.6) is 11.5 Å². The number of carbonyl (C=O) groups is 1. The zero-order valence-electron chi connectivity index (χ0n) is 19.0. The molecule has 0 saturated carbocycles. The van der Waals surface area contributed by atoms with Gasteiger partial charge in [0.2, 0.25) is 0 Å². The maximum atomic E-state index is 11.7. The number of guanidine groups is 1. The van der Waals surface area contributed by atoms with Gasteiger partial charge in [0, 0.05) is 13.1 Å². The molecule has 2 rings (SSSR count). The molecule has 1 aromatic heterocycles. The largest absolute Gasteiger partial charge is 0.490 e. The van der Waals surface area contributed by atoms with Crippen molar-refractivity contribution in [2.75, 3.05) is 33.4 Å². The highest BCUT2D eigenvalue weighted by molar-refractivity contribution is 5.90. The molecule has 0 aliphatic heterocycles. The second-order valence-corrected chi connectivity index (χ2v) is 6.69. The fraction of sp³-hybridized carbons (Fsp3) is 0.478. The number of aryl methyl sites for hydroxylation is 1. The quantitative estimate of drug-likeness (QED) is 0.320. The first-order valence-corrected chi connectivity index (χ1v) is 10.6. The van der Waals surface area contributed by atoms with E-state index < -0.39 is 5.97 Å². The molecule has 0 aliphatic carbocycles. The van der Waals surface area contributed by atoms with Gasteiger partial charge in [-0.25, -0.2) is 9.79 Å². The van der Waals surface area contributed by atoms with E-state index in [1.807, 2.05) is 39.0 Å². The van der Waals surface area contributed by atoms with Crippen LogP contribution in [0.2, 0.25) is 0 Å². The van der Waals surface area contributed by atoms with Crippen LogP contribution in [0.25, 0.3) is 0 Å². The minimum Gasteiger partial charge on any atom is -0.490 e. The first kappa shape index (κ1) is 24.1. The lowest BCUT2D eigenvalue weighted by atomic mass is 10.1. The number of hydrogen-bond acceptors (Lipinski definition) is 6. The number of aliphatic imine (C=N–C) groups is 1. The minimum atomic E-state index is -0.414. The first-order chi connectivity index (χ1) is 15.0. The molecule has 1 aromatic carbocycles. The van der Waals surface area contributed by atoms with Gasteiger partial charge in [0.15, 0.2) is 17.5 Å². The van der Waals surface area contributed by atoms with Crippen LogP contribution in [0.15, 0.2) is 33.7 Å². The number of benzene rings is 1. The molecule has 8 heteroatoms. The topological polar surface area (TPSA) is 94.3 Å². The molecule has 0 unspecified atom stereocenters. The van der Waals surface area contributed by atoms with Crippen LogP contribution in [0, 0.1) is 6.92 Å². The third-order valence-electron chi connectivity index (χ3n) is 4.43. The van der Waals surface area contributed by atoms with Crippen LogP contribution in [0.3, 0.4) is 0 Å². The summed E-state index contributed by atoms with van der Waals surface area (Å²) in [6.07, 6.45) is 0.795. The SMILES string of the molecule is CCNC(=NCc1cc(C(=O)OC)c(C)o1)NCCc1ccc(OCC)c(OCC)c1. The first-order valence-electron chi connectivity index (χ1n) is 10.6. The predicted octanol–water partition coefficient (Wildman–Crippen LogP) is 3.47. The number of furan rings is 1. The van der Waals surface area contributed by atoms with Crippen molar-refractivity contribution >= 4 is 11.9 Å². The monoisotopic (exact) mass is 431 g/mol. The molecule has 0 saturated heterocycles. The lowest BCUT2D eigenvalue weighted by molar-refractivity contribution is 0.0599. The number of nitrogens with one attached hydrogen (secondary N) is 2. The molecular weight excluding hydrogens is 398 g/mol. The van der Waals surface area contributed by atoms with Gasteiger partial charge < -0.3 is 29.3 Å². The Morgan fingerprint density at radius 2 is 1.81 bits per heavy atom. The predicted molar refractivity (Wildman–Crippen MR) is 120 cm³/mol. The molecule has 0 aliphatic rings. The van der Waals surface area contributed by atoms with Crippen LogP contribution in [0.1, 0.15) is 48.2 Å². The van der Waals surface area contributed by atoms with E-state index in [0.717, 1.165) is 30.0 Å². The van der Waals surface area contributed by atoms with E-state index in [1.165, 1.54) is 7.11 Å². The van der Waals surface area contributed by atoms with Crippen LogP contribution >= 0.6 is 0 Å². The molecule has 31 heavy (non-hydrogen) atoms. The molecule has 0 spiro atoms. The summed E-state index contributed by atoms with van der Waals surface area (Å²) in [7, 11) is 1.35. The van der Waals surface area contributed by atoms with Crippen molar-refractivity contribution in [1.29, 1.82) is 0 Å². The number of esters is 1. The Morgan fingerprint density at radius 1 is 1.06 bits per heavy atom. The van der Waals surface area contributed by atoms with Gasteiger partial charge >= 0.3 is 5.97 Å². The van der Waals surface area contributed by atoms with Crippen molar-refractivity contribution in [3.63, 3.8) is 0 Å². The van der Waals surface area contributed by atoms with Crippen molar-refractivity contribution in [3.8, 4) is 11.5 Å². The molecular formula is C23H33N3O5. The van der Waals surface area contributed by atoms with Gasteiger partial charge in [0.05, 0.1) is 20.3 Å². The smallest absolute Gasteiger partial charge is 0.341 e. The van der Waals surface area contributed by atoms with Gasteiger partial charge in [-0.2, -0.15) is 0 Å². The summed E-state index contributed by atoms with van der Waals surface area (Å²) in [5.74, 6) is 2.90. The minimum absolute atomic E-state index is 0.310. The van der Waals surface area contributed by atoms with E-state index >= 15 is 0 Å². The van der Waals surface area contributed by atoms with E-state index in [9.17, 15) is 4.79 Å². The van der Waals surface area contributed by atoms with E-state index in [-0.39, 0.29) is 0 Å². The Kier molecular flexibility index (Phi) is 9.74. The molecule has 0 bridgehead atoms. The Balaban J connectivity index is 1.98. The molecule has 2 aromatic rings. The number of hydrogen-bond donors (Lipinski definition) is 2. The Bertz CT molecular complexity index is 876. The normalized spacial score (nSPS) is 11.2. The summed E-state index contributed by atoms with van der Waals surface area (Å²) in [6, 6.07) is 7.67. The highest BCUT2D eigenvalue weighted by atomic mass is 16.5. The summed E-state index contributed by atoms with van der Waals surface area (Å²) < 4.78 is 21.7. The Hall–Kier alpha value is -3.16. The van der Waals surface area contributed by atoms with E-state index in [1.54, 1.807) is 13.0 Å². The number of rotatable bonds is 11. The summed E-state index contributed by atoms with van der Waals surface area (Å²) in [5, 5.41) is 6.53. The number of methoxy groups -OCH3 is 1. The summed E-state index contributed by atoms with van der Waals surface area (Å²) in [5.41, 5.74) is 1.56.